The third kappa shape index (κ3) is 4.53. The monoisotopic (exact) mass is 495 g/mol. The lowest BCUT2D eigenvalue weighted by atomic mass is 9.85. The van der Waals surface area contributed by atoms with Gasteiger partial charge in [0.1, 0.15) is 10.8 Å². The van der Waals surface area contributed by atoms with Crippen molar-refractivity contribution in [1.82, 2.24) is 9.55 Å². The molecule has 1 amide bonds. The van der Waals surface area contributed by atoms with Crippen LogP contribution in [0.5, 0.6) is 0 Å². The van der Waals surface area contributed by atoms with Gasteiger partial charge in [0.15, 0.2) is 5.16 Å². The Hall–Kier alpha value is -2.58. The summed E-state index contributed by atoms with van der Waals surface area (Å²) in [5.74, 6) is -0.209. The van der Waals surface area contributed by atoms with Gasteiger partial charge in [-0.15, -0.1) is 11.8 Å². The second-order valence-corrected chi connectivity index (χ2v) is 11.1. The van der Waals surface area contributed by atoms with Crippen LogP contribution in [-0.2, 0) is 4.79 Å². The molecular weight excluding hydrogens is 469 g/mol. The van der Waals surface area contributed by atoms with Crippen LogP contribution in [0.1, 0.15) is 48.3 Å². The molecule has 0 bridgehead atoms. The van der Waals surface area contributed by atoms with E-state index in [4.69, 9.17) is 4.98 Å². The number of aryl methyl sites for hydroxylation is 2. The Morgan fingerprint density at radius 2 is 1.94 bits per heavy atom. The molecule has 1 aliphatic carbocycles. The molecule has 2 atom stereocenters. The van der Waals surface area contributed by atoms with E-state index in [9.17, 15) is 14.0 Å². The Bertz CT molecular complexity index is 1310. The summed E-state index contributed by atoms with van der Waals surface area (Å²) >= 11 is 2.93. The third-order valence-corrected chi connectivity index (χ3v) is 8.80. The Balaban J connectivity index is 1.46. The fourth-order valence-electron chi connectivity index (χ4n) is 4.80. The lowest BCUT2D eigenvalue weighted by Crippen LogP contribution is -2.29. The van der Waals surface area contributed by atoms with E-state index < -0.39 is 0 Å². The molecule has 34 heavy (non-hydrogen) atoms. The van der Waals surface area contributed by atoms with Crippen molar-refractivity contribution in [3.63, 3.8) is 0 Å². The highest BCUT2D eigenvalue weighted by Gasteiger charge is 2.39. The van der Waals surface area contributed by atoms with Crippen molar-refractivity contribution in [2.75, 3.05) is 11.1 Å². The second kappa shape index (κ2) is 9.58. The highest BCUT2D eigenvalue weighted by atomic mass is 32.2. The summed E-state index contributed by atoms with van der Waals surface area (Å²) in [6.07, 6.45) is 4.37. The fourth-order valence-corrected chi connectivity index (χ4v) is 7.18. The van der Waals surface area contributed by atoms with E-state index >= 15 is 0 Å². The van der Waals surface area contributed by atoms with Gasteiger partial charge in [-0.2, -0.15) is 0 Å². The van der Waals surface area contributed by atoms with Crippen LogP contribution in [0.15, 0.2) is 57.4 Å². The number of thioether (sulfide) groups is 2. The highest BCUT2D eigenvalue weighted by Crippen LogP contribution is 2.50. The van der Waals surface area contributed by atoms with E-state index in [1.54, 1.807) is 28.5 Å². The van der Waals surface area contributed by atoms with Crippen LogP contribution in [0.4, 0.5) is 10.1 Å². The van der Waals surface area contributed by atoms with Crippen LogP contribution in [0.25, 0.3) is 5.69 Å². The summed E-state index contributed by atoms with van der Waals surface area (Å²) < 4.78 is 15.1. The Kier molecular flexibility index (Phi) is 6.53. The smallest absolute Gasteiger partial charge is 0.263 e. The Morgan fingerprint density at radius 1 is 1.18 bits per heavy atom. The van der Waals surface area contributed by atoms with Crippen molar-refractivity contribution in [2.45, 2.75) is 60.9 Å². The van der Waals surface area contributed by atoms with Gasteiger partial charge in [0, 0.05) is 16.9 Å². The van der Waals surface area contributed by atoms with E-state index in [-0.39, 0.29) is 29.0 Å². The number of aromatic nitrogens is 2. The molecule has 1 fully saturated rings. The summed E-state index contributed by atoms with van der Waals surface area (Å²) in [4.78, 5) is 31.3. The molecule has 176 valence electrons. The first-order valence-electron chi connectivity index (χ1n) is 11.5. The van der Waals surface area contributed by atoms with Gasteiger partial charge >= 0.3 is 0 Å². The lowest BCUT2D eigenvalue weighted by Gasteiger charge is -2.24. The maximum Gasteiger partial charge on any atom is 0.263 e. The first kappa shape index (κ1) is 23.2. The maximum atomic E-state index is 13.7. The van der Waals surface area contributed by atoms with E-state index in [2.05, 4.69) is 5.32 Å². The van der Waals surface area contributed by atoms with Crippen LogP contribution < -0.4 is 10.9 Å². The number of rotatable bonds is 5. The number of halogens is 1. The molecule has 1 aliphatic heterocycles. The van der Waals surface area contributed by atoms with Gasteiger partial charge in [-0.1, -0.05) is 42.3 Å². The topological polar surface area (TPSA) is 64.0 Å². The number of nitrogens with one attached hydrogen (secondary N) is 1. The van der Waals surface area contributed by atoms with Crippen molar-refractivity contribution < 1.29 is 9.18 Å². The number of fused-ring (bicyclic) bond motifs is 3. The van der Waals surface area contributed by atoms with Gasteiger partial charge in [0.2, 0.25) is 5.91 Å². The first-order valence-corrected chi connectivity index (χ1v) is 13.4. The van der Waals surface area contributed by atoms with E-state index in [1.165, 1.54) is 30.3 Å². The zero-order valence-electron chi connectivity index (χ0n) is 19.1. The average molecular weight is 496 g/mol. The van der Waals surface area contributed by atoms with E-state index in [0.717, 1.165) is 46.7 Å². The van der Waals surface area contributed by atoms with Crippen LogP contribution in [0.2, 0.25) is 0 Å². The molecule has 0 spiro atoms. The number of hydrogen-bond acceptors (Lipinski definition) is 5. The quantitative estimate of drug-likeness (QED) is 0.273. The number of nitrogens with zero attached hydrogens (tertiary/aromatic N) is 2. The second-order valence-electron chi connectivity index (χ2n) is 8.93. The van der Waals surface area contributed by atoms with Gasteiger partial charge in [-0.25, -0.2) is 9.37 Å². The zero-order chi connectivity index (χ0) is 23.8. The summed E-state index contributed by atoms with van der Waals surface area (Å²) in [5, 5.41) is 4.59. The van der Waals surface area contributed by atoms with E-state index in [0.29, 0.717) is 16.1 Å². The van der Waals surface area contributed by atoms with Crippen LogP contribution in [0.3, 0.4) is 0 Å². The minimum Gasteiger partial charge on any atom is -0.325 e. The Morgan fingerprint density at radius 3 is 2.71 bits per heavy atom. The lowest BCUT2D eigenvalue weighted by molar-refractivity contribution is -0.113. The molecule has 0 radical (unpaired) electrons. The summed E-state index contributed by atoms with van der Waals surface area (Å²) in [6.45, 7) is 3.97. The van der Waals surface area contributed by atoms with Crippen molar-refractivity contribution in [2.24, 2.45) is 0 Å². The highest BCUT2D eigenvalue weighted by molar-refractivity contribution is 8.00. The normalized spacial score (nSPS) is 18.9. The molecule has 1 N–H and O–H groups in total. The van der Waals surface area contributed by atoms with Gasteiger partial charge < -0.3 is 5.32 Å². The summed E-state index contributed by atoms with van der Waals surface area (Å²) in [6, 6.07) is 11.7. The average Bonchev–Trinajstić information content (AvgIpc) is 3.19. The number of anilines is 1. The van der Waals surface area contributed by atoms with Gasteiger partial charge in [-0.3, -0.25) is 14.2 Å². The molecular formula is C26H26FN3O2S2. The molecule has 2 aromatic carbocycles. The molecule has 3 aromatic rings. The first-order chi connectivity index (χ1) is 16.4. The minimum atomic E-state index is -0.365. The number of benzene rings is 2. The number of hydrogen-bond donors (Lipinski definition) is 1. The molecule has 5 rings (SSSR count). The molecule has 2 aliphatic rings. The van der Waals surface area contributed by atoms with Crippen molar-refractivity contribution in [1.29, 1.82) is 0 Å². The SMILES string of the molecule is Cc1ccc(NC(=O)CSc2nc3c(c(=O)n2-c2ccc(F)cc2)[C@H]2CCCC[C@@H]2S3)c(C)c1. The predicted octanol–water partition coefficient (Wildman–Crippen LogP) is 5.85. The minimum absolute atomic E-state index is 0.101. The molecule has 0 unspecified atom stereocenters. The number of carbonyl (C=O) groups is 1. The van der Waals surface area contributed by atoms with Crippen molar-refractivity contribution in [3.8, 4) is 5.69 Å². The van der Waals surface area contributed by atoms with Crippen LogP contribution in [0, 0.1) is 19.7 Å². The molecule has 8 heteroatoms. The van der Waals surface area contributed by atoms with Crippen LogP contribution in [-0.4, -0.2) is 26.5 Å². The van der Waals surface area contributed by atoms with Gasteiger partial charge in [-0.05, 0) is 62.6 Å². The van der Waals surface area contributed by atoms with Crippen LogP contribution >= 0.6 is 23.5 Å². The summed E-state index contributed by atoms with van der Waals surface area (Å²) in [5.41, 5.74) is 4.14. The molecule has 0 saturated heterocycles. The fraction of sp³-hybridized carbons (Fsp3) is 0.346. The van der Waals surface area contributed by atoms with E-state index in [1.807, 2.05) is 32.0 Å². The van der Waals surface area contributed by atoms with Crippen molar-refractivity contribution in [3.05, 3.63) is 75.3 Å². The molecule has 2 heterocycles. The Labute approximate surface area is 206 Å². The maximum absolute atomic E-state index is 13.7. The van der Waals surface area contributed by atoms with Gasteiger partial charge in [0.25, 0.3) is 5.56 Å². The van der Waals surface area contributed by atoms with Crippen molar-refractivity contribution >= 4 is 35.1 Å². The zero-order valence-corrected chi connectivity index (χ0v) is 20.8. The molecule has 1 aromatic heterocycles. The third-order valence-electron chi connectivity index (χ3n) is 6.46. The molecule has 1 saturated carbocycles. The number of amides is 1. The molecule has 5 nitrogen and oxygen atoms in total. The largest absolute Gasteiger partial charge is 0.325 e. The summed E-state index contributed by atoms with van der Waals surface area (Å²) in [7, 11) is 0. The predicted molar refractivity (Wildman–Crippen MR) is 136 cm³/mol. The number of carbonyl (C=O) groups excluding carboxylic acids is 1. The standard InChI is InChI=1S/C26H26FN3O2S2/c1-15-7-12-20(16(2)13-15)28-22(31)14-33-26-29-24-23(19-5-3-4-6-21(19)34-24)25(32)30(26)18-10-8-17(27)9-11-18/h7-13,19,21H,3-6,14H2,1-2H3,(H,28,31)/t19-,21-/m0/s1. The van der Waals surface area contributed by atoms with Gasteiger partial charge in [0.05, 0.1) is 17.0 Å².